The van der Waals surface area contributed by atoms with E-state index in [4.69, 9.17) is 31.4 Å². The number of ether oxygens (including phenoxy) is 3. The van der Waals surface area contributed by atoms with E-state index in [9.17, 15) is 19.2 Å². The van der Waals surface area contributed by atoms with E-state index in [0.717, 1.165) is 19.3 Å². The molecule has 0 aromatic heterocycles. The molecule has 0 bridgehead atoms. The minimum absolute atomic E-state index is 0.103. The Bertz CT molecular complexity index is 707. The smallest absolute Gasteiger partial charge is 0.305 e. The molecule has 1 amide bonds. The third-order valence-electron chi connectivity index (χ3n) is 7.70. The average molecular weight is 643 g/mol. The minimum Gasteiger partial charge on any atom is -0.463 e. The van der Waals surface area contributed by atoms with Crippen molar-refractivity contribution in [2.45, 2.75) is 154 Å². The van der Waals surface area contributed by atoms with Crippen LogP contribution in [0, 0.1) is 0 Å². The fourth-order valence-corrected chi connectivity index (χ4v) is 4.86. The number of carbonyl (C=O) groups is 4. The van der Waals surface area contributed by atoms with Crippen LogP contribution in [-0.2, 0) is 33.4 Å². The Morgan fingerprint density at radius 3 is 1.09 bits per heavy atom. The Morgan fingerprint density at radius 2 is 0.778 bits per heavy atom. The molecule has 0 heterocycles. The van der Waals surface area contributed by atoms with Gasteiger partial charge < -0.3 is 36.7 Å². The van der Waals surface area contributed by atoms with Gasteiger partial charge in [0.15, 0.2) is 0 Å². The number of nitrogens with two attached hydrogens (primary N) is 3. The van der Waals surface area contributed by atoms with E-state index in [2.05, 4.69) is 12.2 Å². The molecule has 0 radical (unpaired) electrons. The van der Waals surface area contributed by atoms with Crippen molar-refractivity contribution in [3.63, 3.8) is 0 Å². The Labute approximate surface area is 272 Å². The molecule has 11 nitrogen and oxygen atoms in total. The van der Waals surface area contributed by atoms with Crippen LogP contribution in [0.5, 0.6) is 0 Å². The first-order valence-corrected chi connectivity index (χ1v) is 17.7. The molecular formula is C34H66N4O7. The number of rotatable bonds is 32. The molecule has 0 aliphatic carbocycles. The summed E-state index contributed by atoms with van der Waals surface area (Å²) >= 11 is 0. The molecule has 0 fully saturated rings. The summed E-state index contributed by atoms with van der Waals surface area (Å²) < 4.78 is 16.3. The lowest BCUT2D eigenvalue weighted by Crippen LogP contribution is -2.59. The third-order valence-corrected chi connectivity index (χ3v) is 7.70. The van der Waals surface area contributed by atoms with E-state index in [1.165, 1.54) is 70.6 Å². The van der Waals surface area contributed by atoms with Gasteiger partial charge in [-0.3, -0.25) is 19.2 Å². The maximum atomic E-state index is 13.1. The molecular weight excluding hydrogens is 576 g/mol. The van der Waals surface area contributed by atoms with Gasteiger partial charge in [0.25, 0.3) is 0 Å². The van der Waals surface area contributed by atoms with Gasteiger partial charge >= 0.3 is 17.9 Å². The molecule has 0 saturated carbocycles. The van der Waals surface area contributed by atoms with Gasteiger partial charge in [-0.1, -0.05) is 96.8 Å². The van der Waals surface area contributed by atoms with Gasteiger partial charge in [-0.15, -0.1) is 0 Å². The third kappa shape index (κ3) is 26.7. The summed E-state index contributed by atoms with van der Waals surface area (Å²) in [5.74, 6) is -1.82. The van der Waals surface area contributed by atoms with Gasteiger partial charge in [0.1, 0.15) is 25.4 Å². The van der Waals surface area contributed by atoms with Crippen LogP contribution in [0.25, 0.3) is 0 Å². The zero-order valence-corrected chi connectivity index (χ0v) is 28.4. The van der Waals surface area contributed by atoms with Crippen LogP contribution >= 0.6 is 0 Å². The van der Waals surface area contributed by atoms with Crippen LogP contribution in [0.2, 0.25) is 0 Å². The molecule has 0 spiro atoms. The summed E-state index contributed by atoms with van der Waals surface area (Å²) in [5, 5.41) is 2.87. The lowest BCUT2D eigenvalue weighted by molar-refractivity contribution is -0.159. The largest absolute Gasteiger partial charge is 0.463 e. The zero-order chi connectivity index (χ0) is 33.4. The van der Waals surface area contributed by atoms with Gasteiger partial charge in [0, 0.05) is 25.7 Å². The van der Waals surface area contributed by atoms with Crippen molar-refractivity contribution >= 4 is 23.8 Å². The molecule has 0 saturated heterocycles. The second-order valence-corrected chi connectivity index (χ2v) is 12.2. The first-order chi connectivity index (χ1) is 21.8. The molecule has 0 aromatic carbocycles. The number of carbonyl (C=O) groups excluding carboxylic acids is 4. The van der Waals surface area contributed by atoms with Crippen LogP contribution in [0.4, 0.5) is 0 Å². The van der Waals surface area contributed by atoms with Crippen LogP contribution in [0.1, 0.15) is 148 Å². The standard InChI is InChI=1S/C34H66N4O7/c1-2-3-4-5-6-7-8-9-10-11-12-13-14-15-16-20-30(39)38-34(27-43-31(40)21-17-24-35,28-44-32(41)22-18-25-36)29-45-33(42)23-19-26-37/h2-29,35-37H2,1H3,(H,38,39). The highest BCUT2D eigenvalue weighted by molar-refractivity contribution is 5.77. The molecule has 7 N–H and O–H groups in total. The molecule has 0 unspecified atom stereocenters. The molecule has 0 atom stereocenters. The molecule has 0 aliphatic rings. The summed E-state index contributed by atoms with van der Waals surface area (Å²) in [6, 6.07) is 0. The van der Waals surface area contributed by atoms with E-state index >= 15 is 0 Å². The van der Waals surface area contributed by atoms with Crippen LogP contribution in [0.15, 0.2) is 0 Å². The van der Waals surface area contributed by atoms with Gasteiger partial charge in [-0.05, 0) is 45.3 Å². The maximum absolute atomic E-state index is 13.1. The van der Waals surface area contributed by atoms with Gasteiger partial charge in [-0.25, -0.2) is 0 Å². The highest BCUT2D eigenvalue weighted by atomic mass is 16.6. The van der Waals surface area contributed by atoms with Crippen molar-refractivity contribution in [2.75, 3.05) is 39.5 Å². The number of hydrogen-bond donors (Lipinski definition) is 4. The summed E-state index contributed by atoms with van der Waals surface area (Å²) in [5.41, 5.74) is 15.1. The molecule has 11 heteroatoms. The second kappa shape index (κ2) is 30.4. The first kappa shape index (κ1) is 42.8. The molecule has 0 rings (SSSR count). The summed E-state index contributed by atoms with van der Waals surface area (Å²) in [6.07, 6.45) is 20.3. The van der Waals surface area contributed by atoms with E-state index < -0.39 is 23.4 Å². The number of esters is 3. The number of unbranched alkanes of at least 4 members (excludes halogenated alkanes) is 14. The summed E-state index contributed by atoms with van der Waals surface area (Å²) in [6.45, 7) is 2.26. The first-order valence-electron chi connectivity index (χ1n) is 17.7. The summed E-state index contributed by atoms with van der Waals surface area (Å²) in [7, 11) is 0. The van der Waals surface area contributed by atoms with E-state index in [1.54, 1.807) is 0 Å². The molecule has 0 aromatic rings. The van der Waals surface area contributed by atoms with Crippen molar-refractivity contribution in [3.05, 3.63) is 0 Å². The Balaban J connectivity index is 4.83. The predicted octanol–water partition coefficient (Wildman–Crippen LogP) is 4.95. The number of hydrogen-bond acceptors (Lipinski definition) is 10. The van der Waals surface area contributed by atoms with Gasteiger partial charge in [-0.2, -0.15) is 0 Å². The van der Waals surface area contributed by atoms with Crippen molar-refractivity contribution in [3.8, 4) is 0 Å². The van der Waals surface area contributed by atoms with E-state index in [1.807, 2.05) is 0 Å². The minimum atomic E-state index is -1.43. The van der Waals surface area contributed by atoms with E-state index in [0.29, 0.717) is 45.3 Å². The van der Waals surface area contributed by atoms with Crippen LogP contribution < -0.4 is 22.5 Å². The topological polar surface area (TPSA) is 186 Å². The van der Waals surface area contributed by atoms with E-state index in [-0.39, 0.29) is 51.4 Å². The second-order valence-electron chi connectivity index (χ2n) is 12.2. The van der Waals surface area contributed by atoms with Crippen molar-refractivity contribution in [1.82, 2.24) is 5.32 Å². The normalized spacial score (nSPS) is 11.3. The lowest BCUT2D eigenvalue weighted by Gasteiger charge is -2.33. The van der Waals surface area contributed by atoms with Gasteiger partial charge in [0.2, 0.25) is 5.91 Å². The van der Waals surface area contributed by atoms with Crippen LogP contribution in [-0.4, -0.2) is 68.8 Å². The molecule has 0 aliphatic heterocycles. The monoisotopic (exact) mass is 642 g/mol. The quantitative estimate of drug-likeness (QED) is 0.0444. The Kier molecular flexibility index (Phi) is 28.9. The fraction of sp³-hybridized carbons (Fsp3) is 0.882. The maximum Gasteiger partial charge on any atom is 0.305 e. The van der Waals surface area contributed by atoms with Crippen molar-refractivity contribution in [2.24, 2.45) is 17.2 Å². The molecule has 45 heavy (non-hydrogen) atoms. The average Bonchev–Trinajstić information content (AvgIpc) is 3.04. The molecule has 264 valence electrons. The van der Waals surface area contributed by atoms with Gasteiger partial charge in [0.05, 0.1) is 0 Å². The Morgan fingerprint density at radius 1 is 0.467 bits per heavy atom. The van der Waals surface area contributed by atoms with Crippen molar-refractivity contribution in [1.29, 1.82) is 0 Å². The highest BCUT2D eigenvalue weighted by Crippen LogP contribution is 2.16. The fourth-order valence-electron chi connectivity index (χ4n) is 4.86. The lowest BCUT2D eigenvalue weighted by atomic mass is 10.0. The zero-order valence-electron chi connectivity index (χ0n) is 28.4. The number of nitrogens with one attached hydrogen (secondary N) is 1. The SMILES string of the molecule is CCCCCCCCCCCCCCCCCC(=O)NC(COC(=O)CCCN)(COC(=O)CCCN)COC(=O)CCCN. The van der Waals surface area contributed by atoms with Crippen molar-refractivity contribution < 1.29 is 33.4 Å². The predicted molar refractivity (Wildman–Crippen MR) is 178 cm³/mol. The number of amides is 1. The highest BCUT2D eigenvalue weighted by Gasteiger charge is 2.37. The van der Waals surface area contributed by atoms with Crippen LogP contribution in [0.3, 0.4) is 0 Å². The Hall–Kier alpha value is -2.24. The summed E-state index contributed by atoms with van der Waals surface area (Å²) in [4.78, 5) is 49.9.